The van der Waals surface area contributed by atoms with E-state index in [0.717, 1.165) is 11.8 Å². The highest BCUT2D eigenvalue weighted by molar-refractivity contribution is 5.32. The second-order valence-corrected chi connectivity index (χ2v) is 5.43. The lowest BCUT2D eigenvalue weighted by molar-refractivity contribution is -0.141. The maximum absolute atomic E-state index is 12.9. The molecule has 0 saturated carbocycles. The van der Waals surface area contributed by atoms with Crippen LogP contribution in [0.25, 0.3) is 0 Å². The molecule has 23 heavy (non-hydrogen) atoms. The number of nitrogens with one attached hydrogen (secondary N) is 1. The van der Waals surface area contributed by atoms with Gasteiger partial charge in [0.2, 0.25) is 5.95 Å². The molecule has 0 radical (unpaired) electrons. The zero-order valence-electron chi connectivity index (χ0n) is 12.6. The molecule has 0 spiro atoms. The van der Waals surface area contributed by atoms with Crippen molar-refractivity contribution in [3.8, 4) is 0 Å². The third-order valence-corrected chi connectivity index (χ3v) is 3.70. The molecule has 9 heteroatoms. The Bertz CT molecular complexity index is 700. The van der Waals surface area contributed by atoms with Crippen molar-refractivity contribution in [3.63, 3.8) is 0 Å². The average molecular weight is 327 g/mol. The highest BCUT2D eigenvalue weighted by atomic mass is 19.4. The van der Waals surface area contributed by atoms with Crippen molar-refractivity contribution in [3.05, 3.63) is 35.4 Å². The lowest BCUT2D eigenvalue weighted by Gasteiger charge is -2.20. The molecule has 1 fully saturated rings. The fourth-order valence-corrected chi connectivity index (χ4v) is 2.64. The van der Waals surface area contributed by atoms with Gasteiger partial charge in [-0.1, -0.05) is 0 Å². The van der Waals surface area contributed by atoms with Gasteiger partial charge in [0.1, 0.15) is 11.8 Å². The molecule has 0 amide bonds. The van der Waals surface area contributed by atoms with Crippen molar-refractivity contribution >= 4 is 5.95 Å². The van der Waals surface area contributed by atoms with Crippen molar-refractivity contribution in [2.24, 2.45) is 7.05 Å². The van der Waals surface area contributed by atoms with Gasteiger partial charge in [-0.3, -0.25) is 4.68 Å². The van der Waals surface area contributed by atoms with E-state index in [-0.39, 0.29) is 23.8 Å². The fraction of sp³-hybridized carbons (Fsp3) is 0.500. The Kier molecular flexibility index (Phi) is 3.97. The van der Waals surface area contributed by atoms with E-state index in [2.05, 4.69) is 20.4 Å². The highest BCUT2D eigenvalue weighted by Gasteiger charge is 2.35. The van der Waals surface area contributed by atoms with Crippen LogP contribution in [0.2, 0.25) is 0 Å². The molecule has 2 aromatic rings. The zero-order valence-corrected chi connectivity index (χ0v) is 12.6. The van der Waals surface area contributed by atoms with Crippen molar-refractivity contribution in [2.45, 2.75) is 31.7 Å². The molecule has 1 aliphatic heterocycles. The first-order valence-corrected chi connectivity index (χ1v) is 7.13. The third kappa shape index (κ3) is 3.29. The molecule has 0 aromatic carbocycles. The van der Waals surface area contributed by atoms with Crippen LogP contribution in [0.1, 0.15) is 29.6 Å². The predicted octanol–water partition coefficient (Wildman–Crippen LogP) is 2.48. The Balaban J connectivity index is 1.84. The third-order valence-electron chi connectivity index (χ3n) is 3.70. The molecule has 2 atom stereocenters. The normalized spacial score (nSPS) is 21.6. The summed E-state index contributed by atoms with van der Waals surface area (Å²) in [5.41, 5.74) is 0.151. The van der Waals surface area contributed by atoms with E-state index in [1.807, 2.05) is 6.07 Å². The minimum absolute atomic E-state index is 0.0417. The van der Waals surface area contributed by atoms with Crippen LogP contribution >= 0.6 is 0 Å². The number of ether oxygens (including phenoxy) is 1. The second-order valence-electron chi connectivity index (χ2n) is 5.43. The van der Waals surface area contributed by atoms with Gasteiger partial charge < -0.3 is 10.1 Å². The highest BCUT2D eigenvalue weighted by Crippen LogP contribution is 2.32. The van der Waals surface area contributed by atoms with E-state index in [1.54, 1.807) is 17.9 Å². The summed E-state index contributed by atoms with van der Waals surface area (Å²) in [6.45, 7) is 2.01. The number of rotatable bonds is 3. The first-order valence-electron chi connectivity index (χ1n) is 7.13. The molecule has 3 rings (SSSR count). The van der Waals surface area contributed by atoms with Crippen LogP contribution in [-0.2, 0) is 18.0 Å². The summed E-state index contributed by atoms with van der Waals surface area (Å²) in [6, 6.07) is 2.53. The summed E-state index contributed by atoms with van der Waals surface area (Å²) in [5.74, 6) is -0.0417. The molecule has 1 N–H and O–H groups in total. The number of hydrogen-bond donors (Lipinski definition) is 1. The minimum Gasteiger partial charge on any atom is -0.370 e. The Morgan fingerprint density at radius 2 is 2.13 bits per heavy atom. The van der Waals surface area contributed by atoms with Crippen molar-refractivity contribution < 1.29 is 17.9 Å². The lowest BCUT2D eigenvalue weighted by Crippen LogP contribution is -2.26. The van der Waals surface area contributed by atoms with Crippen LogP contribution in [0, 0.1) is 6.92 Å². The van der Waals surface area contributed by atoms with Crippen LogP contribution in [0.4, 0.5) is 19.1 Å². The zero-order chi connectivity index (χ0) is 16.6. The largest absolute Gasteiger partial charge is 0.433 e. The number of alkyl halides is 3. The molecule has 3 heterocycles. The van der Waals surface area contributed by atoms with Crippen LogP contribution in [0.3, 0.4) is 0 Å². The fourth-order valence-electron chi connectivity index (χ4n) is 2.64. The van der Waals surface area contributed by atoms with E-state index >= 15 is 0 Å². The van der Waals surface area contributed by atoms with E-state index in [1.165, 1.54) is 6.92 Å². The molecule has 0 aliphatic carbocycles. The predicted molar refractivity (Wildman–Crippen MR) is 75.7 cm³/mol. The summed E-state index contributed by atoms with van der Waals surface area (Å²) < 4.78 is 46.0. The molecule has 2 aromatic heterocycles. The van der Waals surface area contributed by atoms with Crippen LogP contribution in [0.15, 0.2) is 18.3 Å². The molecular formula is C14H16F3N5O. The average Bonchev–Trinajstić information content (AvgIpc) is 3.05. The maximum Gasteiger partial charge on any atom is 0.433 e. The monoisotopic (exact) mass is 327 g/mol. The molecule has 0 unspecified atom stereocenters. The summed E-state index contributed by atoms with van der Waals surface area (Å²) in [7, 11) is 1.79. The molecule has 0 bridgehead atoms. The van der Waals surface area contributed by atoms with E-state index < -0.39 is 11.9 Å². The number of hydrogen-bond acceptors (Lipinski definition) is 5. The number of aromatic nitrogens is 4. The van der Waals surface area contributed by atoms with Crippen molar-refractivity contribution in [2.75, 3.05) is 11.9 Å². The van der Waals surface area contributed by atoms with Gasteiger partial charge in [-0.2, -0.15) is 18.3 Å². The van der Waals surface area contributed by atoms with Crippen LogP contribution in [-0.4, -0.2) is 32.4 Å². The van der Waals surface area contributed by atoms with Gasteiger partial charge in [0, 0.05) is 25.5 Å². The number of halogens is 3. The smallest absolute Gasteiger partial charge is 0.370 e. The molecular weight excluding hydrogens is 311 g/mol. The summed E-state index contributed by atoms with van der Waals surface area (Å²) in [6.07, 6.45) is -2.51. The molecule has 124 valence electrons. The van der Waals surface area contributed by atoms with Gasteiger partial charge in [0.15, 0.2) is 0 Å². The van der Waals surface area contributed by atoms with Gasteiger partial charge >= 0.3 is 6.18 Å². The van der Waals surface area contributed by atoms with Crippen molar-refractivity contribution in [1.82, 2.24) is 19.7 Å². The van der Waals surface area contributed by atoms with E-state index in [0.29, 0.717) is 13.0 Å². The quantitative estimate of drug-likeness (QED) is 0.938. The standard InChI is InChI=1S/C14H16F3N5O/c1-8-7-11(14(15,16)17)21-13(19-8)20-9-4-6-23-12(9)10-3-5-18-22(10)2/h3,5,7,9,12H,4,6H2,1-2H3,(H,19,20,21)/t9-,12-/m0/s1. The first-order chi connectivity index (χ1) is 10.8. The van der Waals surface area contributed by atoms with Crippen LogP contribution < -0.4 is 5.32 Å². The maximum atomic E-state index is 12.9. The first kappa shape index (κ1) is 15.7. The Hall–Kier alpha value is -2.16. The SMILES string of the molecule is Cc1cc(C(F)(F)F)nc(N[C@H]2CCO[C@@H]2c2ccnn2C)n1. The van der Waals surface area contributed by atoms with Gasteiger partial charge in [-0.15, -0.1) is 0 Å². The van der Waals surface area contributed by atoms with Gasteiger partial charge in [-0.05, 0) is 25.5 Å². The second kappa shape index (κ2) is 5.80. The van der Waals surface area contributed by atoms with E-state index in [4.69, 9.17) is 4.74 Å². The van der Waals surface area contributed by atoms with Crippen molar-refractivity contribution in [1.29, 1.82) is 0 Å². The number of nitrogens with zero attached hydrogens (tertiary/aromatic N) is 4. The van der Waals surface area contributed by atoms with Gasteiger partial charge in [-0.25, -0.2) is 9.97 Å². The summed E-state index contributed by atoms with van der Waals surface area (Å²) in [5, 5.41) is 7.06. The Morgan fingerprint density at radius 3 is 2.78 bits per heavy atom. The summed E-state index contributed by atoms with van der Waals surface area (Å²) >= 11 is 0. The number of anilines is 1. The molecule has 1 saturated heterocycles. The van der Waals surface area contributed by atoms with E-state index in [9.17, 15) is 13.2 Å². The van der Waals surface area contributed by atoms with Crippen LogP contribution in [0.5, 0.6) is 0 Å². The lowest BCUT2D eigenvalue weighted by atomic mass is 10.1. The Labute approximate surface area is 130 Å². The topological polar surface area (TPSA) is 64.9 Å². The Morgan fingerprint density at radius 1 is 1.35 bits per heavy atom. The molecule has 1 aliphatic rings. The van der Waals surface area contributed by atoms with Gasteiger partial charge in [0.25, 0.3) is 0 Å². The number of aryl methyl sites for hydroxylation is 2. The minimum atomic E-state index is -4.50. The van der Waals surface area contributed by atoms with Gasteiger partial charge in [0.05, 0.1) is 11.7 Å². The molecule has 6 nitrogen and oxygen atoms in total. The summed E-state index contributed by atoms with van der Waals surface area (Å²) in [4.78, 5) is 7.63.